The smallest absolute Gasteiger partial charge is 0.219 e. The average Bonchev–Trinajstić information content (AvgIpc) is 3.18. The molecule has 0 bridgehead atoms. The Bertz CT molecular complexity index is 938. The van der Waals surface area contributed by atoms with E-state index in [2.05, 4.69) is 11.1 Å². The molecule has 0 fully saturated rings. The number of aromatic nitrogens is 3. The van der Waals surface area contributed by atoms with Gasteiger partial charge in [-0.25, -0.2) is 0 Å². The number of hydrogen-bond acceptors (Lipinski definition) is 3. The Morgan fingerprint density at radius 2 is 2.21 bits per heavy atom. The van der Waals surface area contributed by atoms with Crippen LogP contribution >= 0.6 is 0 Å². The van der Waals surface area contributed by atoms with Crippen molar-refractivity contribution in [2.24, 2.45) is 7.05 Å². The molecule has 0 aliphatic carbocycles. The number of nitrogens with zero attached hydrogens (tertiary/aromatic N) is 3. The van der Waals surface area contributed by atoms with E-state index in [9.17, 15) is 4.79 Å². The number of fused-ring (bicyclic) bond motifs is 2. The summed E-state index contributed by atoms with van der Waals surface area (Å²) in [6, 6.07) is 6.05. The molecule has 6 heteroatoms. The number of aromatic amines is 1. The molecule has 4 rings (SSSR count). The molecule has 2 aromatic heterocycles. The van der Waals surface area contributed by atoms with Gasteiger partial charge in [0.25, 0.3) is 0 Å². The van der Waals surface area contributed by atoms with E-state index in [-0.39, 0.29) is 5.91 Å². The number of nitrogens with one attached hydrogen (secondary N) is 1. The van der Waals surface area contributed by atoms with Crippen molar-refractivity contribution in [1.29, 1.82) is 0 Å². The molecule has 0 atom stereocenters. The van der Waals surface area contributed by atoms with Crippen molar-refractivity contribution < 1.29 is 9.53 Å². The van der Waals surface area contributed by atoms with E-state index in [0.717, 1.165) is 46.4 Å². The summed E-state index contributed by atoms with van der Waals surface area (Å²) >= 11 is 0. The van der Waals surface area contributed by atoms with Gasteiger partial charge in [-0.1, -0.05) is 0 Å². The van der Waals surface area contributed by atoms with Crippen molar-refractivity contribution in [3.63, 3.8) is 0 Å². The molecule has 0 spiro atoms. The highest BCUT2D eigenvalue weighted by atomic mass is 16.5. The van der Waals surface area contributed by atoms with Crippen molar-refractivity contribution in [3.05, 3.63) is 35.7 Å². The van der Waals surface area contributed by atoms with Crippen molar-refractivity contribution in [2.75, 3.05) is 13.7 Å². The van der Waals surface area contributed by atoms with Crippen LogP contribution in [0.5, 0.6) is 5.75 Å². The summed E-state index contributed by atoms with van der Waals surface area (Å²) in [6.45, 7) is 2.98. The Balaban J connectivity index is 1.92. The summed E-state index contributed by atoms with van der Waals surface area (Å²) in [6.07, 6.45) is 2.75. The fraction of sp³-hybridized carbons (Fsp3) is 0.333. The van der Waals surface area contributed by atoms with Gasteiger partial charge in [-0.05, 0) is 12.1 Å². The van der Waals surface area contributed by atoms with Gasteiger partial charge in [-0.2, -0.15) is 5.10 Å². The summed E-state index contributed by atoms with van der Waals surface area (Å²) in [4.78, 5) is 16.9. The third-order valence-corrected chi connectivity index (χ3v) is 4.82. The van der Waals surface area contributed by atoms with Crippen LogP contribution in [0.2, 0.25) is 0 Å². The number of hydrogen-bond donors (Lipinski definition) is 1. The number of carbonyl (C=O) groups is 1. The normalized spacial score (nSPS) is 14.0. The second-order valence-corrected chi connectivity index (χ2v) is 6.20. The van der Waals surface area contributed by atoms with Gasteiger partial charge in [0.05, 0.1) is 12.8 Å². The first-order valence-electron chi connectivity index (χ1n) is 8.04. The number of aryl methyl sites for hydroxylation is 1. The van der Waals surface area contributed by atoms with Crippen LogP contribution in [0.15, 0.2) is 24.4 Å². The highest BCUT2D eigenvalue weighted by Crippen LogP contribution is 2.36. The third kappa shape index (κ3) is 2.18. The van der Waals surface area contributed by atoms with Crippen LogP contribution in [0.3, 0.4) is 0 Å². The first-order chi connectivity index (χ1) is 11.6. The molecule has 0 saturated carbocycles. The number of rotatable bonds is 2. The van der Waals surface area contributed by atoms with Crippen LogP contribution in [0, 0.1) is 0 Å². The van der Waals surface area contributed by atoms with Crippen LogP contribution < -0.4 is 4.74 Å². The molecule has 1 amide bonds. The lowest BCUT2D eigenvalue weighted by Crippen LogP contribution is -2.34. The maximum atomic E-state index is 11.8. The Morgan fingerprint density at radius 1 is 1.38 bits per heavy atom. The van der Waals surface area contributed by atoms with Gasteiger partial charge < -0.3 is 14.6 Å². The first-order valence-corrected chi connectivity index (χ1v) is 8.04. The highest BCUT2D eigenvalue weighted by molar-refractivity contribution is 5.96. The molecule has 0 radical (unpaired) electrons. The maximum Gasteiger partial charge on any atom is 0.219 e. The van der Waals surface area contributed by atoms with Crippen molar-refractivity contribution in [2.45, 2.75) is 19.9 Å². The predicted octanol–water partition coefficient (Wildman–Crippen LogP) is 2.48. The lowest BCUT2D eigenvalue weighted by Gasteiger charge is -2.26. The second kappa shape index (κ2) is 5.40. The summed E-state index contributed by atoms with van der Waals surface area (Å²) in [5.41, 5.74) is 5.32. The lowest BCUT2D eigenvalue weighted by molar-refractivity contribution is -0.129. The Morgan fingerprint density at radius 3 is 2.96 bits per heavy atom. The van der Waals surface area contributed by atoms with Crippen LogP contribution in [0.4, 0.5) is 0 Å². The van der Waals surface area contributed by atoms with Gasteiger partial charge in [0, 0.05) is 73.5 Å². The number of benzene rings is 1. The van der Waals surface area contributed by atoms with E-state index in [1.54, 1.807) is 14.0 Å². The zero-order valence-corrected chi connectivity index (χ0v) is 14.1. The van der Waals surface area contributed by atoms with E-state index in [0.29, 0.717) is 6.54 Å². The minimum Gasteiger partial charge on any atom is -0.497 e. The van der Waals surface area contributed by atoms with E-state index < -0.39 is 0 Å². The number of amides is 1. The SMILES string of the molecule is COc1cc(-c2nn(C)c3c2CN(C(C)=O)CC3)c2cc[nH]c2c1. The number of H-pyrrole nitrogens is 1. The van der Waals surface area contributed by atoms with E-state index in [1.807, 2.05) is 35.0 Å². The molecule has 1 aromatic carbocycles. The number of carbonyl (C=O) groups excluding carboxylic acids is 1. The highest BCUT2D eigenvalue weighted by Gasteiger charge is 2.26. The van der Waals surface area contributed by atoms with Crippen LogP contribution in [-0.4, -0.2) is 39.2 Å². The van der Waals surface area contributed by atoms with E-state index >= 15 is 0 Å². The summed E-state index contributed by atoms with van der Waals surface area (Å²) in [5.74, 6) is 0.895. The third-order valence-electron chi connectivity index (χ3n) is 4.82. The topological polar surface area (TPSA) is 63.1 Å². The Labute approximate surface area is 140 Å². The molecule has 1 aliphatic heterocycles. The molecule has 6 nitrogen and oxygen atoms in total. The van der Waals surface area contributed by atoms with Crippen molar-refractivity contribution in [1.82, 2.24) is 19.7 Å². The Kier molecular flexibility index (Phi) is 3.33. The van der Waals surface area contributed by atoms with E-state index in [4.69, 9.17) is 9.84 Å². The fourth-order valence-corrected chi connectivity index (χ4v) is 3.53. The maximum absolute atomic E-state index is 11.8. The molecule has 3 aromatic rings. The average molecular weight is 324 g/mol. The molecule has 1 aliphatic rings. The molecule has 24 heavy (non-hydrogen) atoms. The fourth-order valence-electron chi connectivity index (χ4n) is 3.53. The lowest BCUT2D eigenvalue weighted by atomic mass is 9.98. The van der Waals surface area contributed by atoms with Gasteiger partial charge >= 0.3 is 0 Å². The summed E-state index contributed by atoms with van der Waals surface area (Å²) in [7, 11) is 3.64. The van der Waals surface area contributed by atoms with Gasteiger partial charge in [-0.3, -0.25) is 9.48 Å². The minimum atomic E-state index is 0.105. The van der Waals surface area contributed by atoms with Crippen molar-refractivity contribution >= 4 is 16.8 Å². The molecule has 1 N–H and O–H groups in total. The van der Waals surface area contributed by atoms with Crippen molar-refractivity contribution in [3.8, 4) is 17.0 Å². The molecule has 0 saturated heterocycles. The van der Waals surface area contributed by atoms with Crippen LogP contribution in [-0.2, 0) is 24.8 Å². The zero-order valence-electron chi connectivity index (χ0n) is 14.1. The van der Waals surface area contributed by atoms with Crippen LogP contribution in [0.1, 0.15) is 18.2 Å². The number of ether oxygens (including phenoxy) is 1. The van der Waals surface area contributed by atoms with Crippen LogP contribution in [0.25, 0.3) is 22.2 Å². The summed E-state index contributed by atoms with van der Waals surface area (Å²) in [5, 5.41) is 5.88. The molecule has 124 valence electrons. The van der Waals surface area contributed by atoms with Gasteiger partial charge in [0.15, 0.2) is 0 Å². The second-order valence-electron chi connectivity index (χ2n) is 6.20. The summed E-state index contributed by atoms with van der Waals surface area (Å²) < 4.78 is 7.39. The Hall–Kier alpha value is -2.76. The predicted molar refractivity (Wildman–Crippen MR) is 91.8 cm³/mol. The van der Waals surface area contributed by atoms with Gasteiger partial charge in [0.1, 0.15) is 5.75 Å². The quantitative estimate of drug-likeness (QED) is 0.788. The molecular formula is C18H20N4O2. The molecule has 0 unspecified atom stereocenters. The zero-order chi connectivity index (χ0) is 16.8. The number of methoxy groups -OCH3 is 1. The molecular weight excluding hydrogens is 304 g/mol. The van der Waals surface area contributed by atoms with E-state index in [1.165, 1.54) is 5.69 Å². The first kappa shape index (κ1) is 14.8. The minimum absolute atomic E-state index is 0.105. The molecule has 3 heterocycles. The van der Waals surface area contributed by atoms with Gasteiger partial charge in [-0.15, -0.1) is 0 Å². The van der Waals surface area contributed by atoms with Gasteiger partial charge in [0.2, 0.25) is 5.91 Å². The monoisotopic (exact) mass is 324 g/mol. The largest absolute Gasteiger partial charge is 0.497 e. The standard InChI is InChI=1S/C18H20N4O2/c1-11(23)22-7-5-17-15(10-22)18(20-21(17)2)14-8-12(24-3)9-16-13(14)4-6-19-16/h4,6,8-9,19H,5,7,10H2,1-3H3.